The first kappa shape index (κ1) is 44.0. The third-order valence-corrected chi connectivity index (χ3v) is 15.6. The summed E-state index contributed by atoms with van der Waals surface area (Å²) in [7, 11) is 0. The fourth-order valence-corrected chi connectivity index (χ4v) is 11.8. The first-order valence-electron chi connectivity index (χ1n) is 26.1. The number of hydrogen-bond acceptors (Lipinski definition) is 9. The Morgan fingerprint density at radius 3 is 1.36 bits per heavy atom. The number of rotatable bonds is 7. The third kappa shape index (κ3) is 6.81. The van der Waals surface area contributed by atoms with E-state index in [1.54, 1.807) is 0 Å². The van der Waals surface area contributed by atoms with Crippen molar-refractivity contribution in [1.29, 1.82) is 0 Å². The Morgan fingerprint density at radius 1 is 0.269 bits per heavy atom. The molecule has 0 saturated heterocycles. The average molecular weight is 1000 g/mol. The molecular weight excluding hydrogens is 961 g/mol. The Morgan fingerprint density at radius 2 is 0.692 bits per heavy atom. The summed E-state index contributed by atoms with van der Waals surface area (Å²) in [5.74, 6) is 3.44. The highest BCUT2D eigenvalue weighted by Gasteiger charge is 2.37. The molecule has 0 fully saturated rings. The van der Waals surface area contributed by atoms with Crippen molar-refractivity contribution in [3.05, 3.63) is 230 Å². The van der Waals surface area contributed by atoms with Crippen LogP contribution in [0, 0.1) is 0 Å². The predicted octanol–water partition coefficient (Wildman–Crippen LogP) is 17.7. The van der Waals surface area contributed by atoms with Crippen molar-refractivity contribution in [1.82, 2.24) is 29.9 Å². The number of fused-ring (bicyclic) bond motifs is 12. The van der Waals surface area contributed by atoms with Crippen LogP contribution in [0.15, 0.2) is 232 Å². The number of nitrogens with zero attached hydrogens (tertiary/aromatic N) is 6. The van der Waals surface area contributed by atoms with Crippen LogP contribution in [-0.2, 0) is 5.41 Å². The lowest BCUT2D eigenvalue weighted by molar-refractivity contribution is 0.660. The first-order valence-corrected chi connectivity index (χ1v) is 26.1. The molecule has 0 radical (unpaired) electrons. The largest absolute Gasteiger partial charge is 0.456 e. The number of hydrogen-bond donors (Lipinski definition) is 0. The summed E-state index contributed by atoms with van der Waals surface area (Å²) < 4.78 is 19.6. The van der Waals surface area contributed by atoms with E-state index in [-0.39, 0.29) is 5.41 Å². The average Bonchev–Trinajstić information content (AvgIpc) is 4.44. The molecule has 5 heterocycles. The van der Waals surface area contributed by atoms with E-state index < -0.39 is 0 Å². The molecule has 1 aliphatic carbocycles. The van der Waals surface area contributed by atoms with Gasteiger partial charge in [-0.15, -0.1) is 0 Å². The second-order valence-corrected chi connectivity index (χ2v) is 20.5. The summed E-state index contributed by atoms with van der Waals surface area (Å²) in [6, 6.07) is 74.6. The molecule has 0 amide bonds. The molecule has 15 aromatic rings. The molecule has 78 heavy (non-hydrogen) atoms. The van der Waals surface area contributed by atoms with Crippen molar-refractivity contribution in [2.75, 3.05) is 0 Å². The zero-order valence-corrected chi connectivity index (χ0v) is 42.2. The van der Waals surface area contributed by atoms with Gasteiger partial charge >= 0.3 is 0 Å². The van der Waals surface area contributed by atoms with Crippen molar-refractivity contribution in [2.24, 2.45) is 0 Å². The summed E-state index contributed by atoms with van der Waals surface area (Å²) in [6.07, 6.45) is 0. The van der Waals surface area contributed by atoms with Crippen LogP contribution < -0.4 is 0 Å². The van der Waals surface area contributed by atoms with Crippen LogP contribution in [0.1, 0.15) is 25.0 Å². The third-order valence-electron chi connectivity index (χ3n) is 15.6. The Labute approximate surface area is 446 Å². The standard InChI is InChI=1S/C69H42N6O3/c1-69(2)53-36-41(28-31-45(53)46-32-29-42(37-54(46)69)65-70-63(39-16-5-3-6-17-39)71-66(72-65)43-30-33-48-47-20-9-12-24-55(47)77-59(48)38-43)44-34-35-52(61-50-22-11-14-26-57(50)78-62(44)61)68-74-64(40-18-7-4-8-19-40)73-67(75-68)51-23-15-27-58-60(51)49-21-10-13-25-56(49)76-58/h3-38H,1-2H3. The number of benzene rings is 10. The maximum absolute atomic E-state index is 6.93. The topological polar surface area (TPSA) is 117 Å². The van der Waals surface area contributed by atoms with E-state index in [0.29, 0.717) is 34.9 Å². The first-order chi connectivity index (χ1) is 38.4. The molecule has 366 valence electrons. The van der Waals surface area contributed by atoms with Gasteiger partial charge in [-0.2, -0.15) is 0 Å². The number of aromatic nitrogens is 6. The molecule has 16 rings (SSSR count). The van der Waals surface area contributed by atoms with Crippen LogP contribution in [0.25, 0.3) is 156 Å². The molecule has 0 saturated carbocycles. The molecule has 9 heteroatoms. The molecule has 1 aliphatic rings. The van der Waals surface area contributed by atoms with Crippen LogP contribution in [0.2, 0.25) is 0 Å². The van der Waals surface area contributed by atoms with Crippen molar-refractivity contribution < 1.29 is 13.3 Å². The Kier molecular flexibility index (Phi) is 9.48. The van der Waals surface area contributed by atoms with Gasteiger partial charge in [0.05, 0.1) is 0 Å². The van der Waals surface area contributed by atoms with Gasteiger partial charge in [0, 0.05) is 76.7 Å². The SMILES string of the molecule is CC1(C)c2cc(-c3nc(-c4ccccc4)nc(-c4ccc5c(c4)oc4ccccc45)n3)ccc2-c2ccc(-c3ccc(-c4nc(-c5ccccc5)nc(-c5cccc6oc7ccccc7c56)n4)c4c3oc3ccccc34)cc21. The highest BCUT2D eigenvalue weighted by Crippen LogP contribution is 2.52. The molecule has 5 aromatic heterocycles. The van der Waals surface area contributed by atoms with Gasteiger partial charge in [-0.05, 0) is 88.5 Å². The smallest absolute Gasteiger partial charge is 0.164 e. The van der Waals surface area contributed by atoms with Crippen LogP contribution in [0.3, 0.4) is 0 Å². The molecule has 0 aliphatic heterocycles. The highest BCUT2D eigenvalue weighted by molar-refractivity contribution is 6.16. The highest BCUT2D eigenvalue weighted by atomic mass is 16.3. The van der Waals surface area contributed by atoms with Gasteiger partial charge in [-0.25, -0.2) is 29.9 Å². The van der Waals surface area contributed by atoms with E-state index in [1.165, 1.54) is 22.3 Å². The van der Waals surface area contributed by atoms with Crippen molar-refractivity contribution in [2.45, 2.75) is 19.3 Å². The van der Waals surface area contributed by atoms with E-state index in [4.69, 9.17) is 43.2 Å². The monoisotopic (exact) mass is 1000 g/mol. The Balaban J connectivity index is 0.812. The van der Waals surface area contributed by atoms with Crippen LogP contribution in [0.4, 0.5) is 0 Å². The van der Waals surface area contributed by atoms with Gasteiger partial charge in [-0.1, -0.05) is 172 Å². The maximum Gasteiger partial charge on any atom is 0.164 e. The molecule has 0 bridgehead atoms. The summed E-state index contributed by atoms with van der Waals surface area (Å²) in [5, 5.41) is 6.00. The predicted molar refractivity (Wildman–Crippen MR) is 311 cm³/mol. The van der Waals surface area contributed by atoms with Crippen molar-refractivity contribution >= 4 is 65.8 Å². The minimum atomic E-state index is -0.383. The summed E-state index contributed by atoms with van der Waals surface area (Å²) in [5.41, 5.74) is 16.4. The van der Waals surface area contributed by atoms with E-state index in [0.717, 1.165) is 110 Å². The van der Waals surface area contributed by atoms with Crippen LogP contribution >= 0.6 is 0 Å². The summed E-state index contributed by atoms with van der Waals surface area (Å²) >= 11 is 0. The minimum absolute atomic E-state index is 0.383. The number of furan rings is 3. The second-order valence-electron chi connectivity index (χ2n) is 20.5. The number of para-hydroxylation sites is 3. The van der Waals surface area contributed by atoms with Gasteiger partial charge < -0.3 is 13.3 Å². The lowest BCUT2D eigenvalue weighted by Gasteiger charge is -2.22. The van der Waals surface area contributed by atoms with E-state index in [2.05, 4.69) is 105 Å². The van der Waals surface area contributed by atoms with Crippen molar-refractivity contribution in [3.63, 3.8) is 0 Å². The van der Waals surface area contributed by atoms with Gasteiger partial charge in [0.25, 0.3) is 0 Å². The lowest BCUT2D eigenvalue weighted by atomic mass is 9.81. The summed E-state index contributed by atoms with van der Waals surface area (Å²) in [4.78, 5) is 31.1. The van der Waals surface area contributed by atoms with Gasteiger partial charge in [0.2, 0.25) is 0 Å². The minimum Gasteiger partial charge on any atom is -0.456 e. The van der Waals surface area contributed by atoms with Crippen LogP contribution in [0.5, 0.6) is 0 Å². The quantitative estimate of drug-likeness (QED) is 0.154. The second kappa shape index (κ2) is 16.8. The van der Waals surface area contributed by atoms with E-state index >= 15 is 0 Å². The molecule has 0 N–H and O–H groups in total. The van der Waals surface area contributed by atoms with Crippen molar-refractivity contribution in [3.8, 4) is 90.6 Å². The van der Waals surface area contributed by atoms with Gasteiger partial charge in [0.15, 0.2) is 34.9 Å². The van der Waals surface area contributed by atoms with Gasteiger partial charge in [0.1, 0.15) is 33.5 Å². The Hall–Kier alpha value is -10.4. The molecular formula is C69H42N6O3. The van der Waals surface area contributed by atoms with Gasteiger partial charge in [-0.3, -0.25) is 0 Å². The summed E-state index contributed by atoms with van der Waals surface area (Å²) in [6.45, 7) is 4.61. The fourth-order valence-electron chi connectivity index (χ4n) is 11.8. The fraction of sp³-hybridized carbons (Fsp3) is 0.0435. The van der Waals surface area contributed by atoms with E-state index in [9.17, 15) is 0 Å². The molecule has 0 spiro atoms. The molecule has 9 nitrogen and oxygen atoms in total. The van der Waals surface area contributed by atoms with Crippen LogP contribution in [-0.4, -0.2) is 29.9 Å². The lowest BCUT2D eigenvalue weighted by Crippen LogP contribution is -2.15. The molecule has 0 atom stereocenters. The Bertz CT molecular complexity index is 4960. The maximum atomic E-state index is 6.93. The zero-order valence-electron chi connectivity index (χ0n) is 42.2. The van der Waals surface area contributed by atoms with E-state index in [1.807, 2.05) is 127 Å². The molecule has 0 unspecified atom stereocenters. The normalized spacial score (nSPS) is 12.8. The zero-order chi connectivity index (χ0) is 51.6. The molecule has 10 aromatic carbocycles.